The standard InChI is InChI=1S/C6H2FN3O2/c7-6-4(3-8)1-2-5(9-6)10(11)12/h1-2H. The van der Waals surface area contributed by atoms with Gasteiger partial charge in [0.2, 0.25) is 0 Å². The van der Waals surface area contributed by atoms with Crippen LogP contribution in [-0.4, -0.2) is 9.91 Å². The second-order valence-electron chi connectivity index (χ2n) is 1.88. The zero-order chi connectivity index (χ0) is 9.14. The lowest BCUT2D eigenvalue weighted by atomic mass is 10.3. The second kappa shape index (κ2) is 2.92. The van der Waals surface area contributed by atoms with E-state index in [1.54, 1.807) is 0 Å². The molecule has 0 radical (unpaired) electrons. The molecular weight excluding hydrogens is 165 g/mol. The molecule has 0 saturated heterocycles. The van der Waals surface area contributed by atoms with E-state index in [1.165, 1.54) is 6.07 Å². The normalized spacial score (nSPS) is 9.00. The number of aromatic nitrogens is 1. The van der Waals surface area contributed by atoms with Crippen LogP contribution in [0, 0.1) is 27.4 Å². The Morgan fingerprint density at radius 1 is 1.67 bits per heavy atom. The lowest BCUT2D eigenvalue weighted by Crippen LogP contribution is -1.96. The van der Waals surface area contributed by atoms with Crippen molar-refractivity contribution in [2.75, 3.05) is 0 Å². The van der Waals surface area contributed by atoms with Crippen molar-refractivity contribution in [3.05, 3.63) is 33.8 Å². The summed E-state index contributed by atoms with van der Waals surface area (Å²) in [6.07, 6.45) is 0. The van der Waals surface area contributed by atoms with Crippen LogP contribution in [0.15, 0.2) is 12.1 Å². The molecule has 0 unspecified atom stereocenters. The molecule has 6 heteroatoms. The van der Waals surface area contributed by atoms with Crippen molar-refractivity contribution >= 4 is 5.82 Å². The SMILES string of the molecule is N#Cc1ccc([N+](=O)[O-])nc1F. The van der Waals surface area contributed by atoms with Gasteiger partial charge in [-0.25, -0.2) is 0 Å². The molecule has 0 aliphatic heterocycles. The maximum absolute atomic E-state index is 12.6. The number of hydrogen-bond acceptors (Lipinski definition) is 4. The van der Waals surface area contributed by atoms with E-state index in [4.69, 9.17) is 5.26 Å². The Bertz CT molecular complexity index is 372. The van der Waals surface area contributed by atoms with Gasteiger partial charge in [-0.15, -0.1) is 0 Å². The Kier molecular flexibility index (Phi) is 1.96. The first kappa shape index (κ1) is 8.07. The van der Waals surface area contributed by atoms with Gasteiger partial charge in [0, 0.05) is 6.07 Å². The Hall–Kier alpha value is -2.03. The van der Waals surface area contributed by atoms with Crippen LogP contribution in [0.3, 0.4) is 0 Å². The number of nitrogens with zero attached hydrogens (tertiary/aromatic N) is 3. The Labute approximate surface area is 66.2 Å². The van der Waals surface area contributed by atoms with Gasteiger partial charge in [0.1, 0.15) is 11.6 Å². The quantitative estimate of drug-likeness (QED) is 0.355. The summed E-state index contributed by atoms with van der Waals surface area (Å²) < 4.78 is 12.6. The number of halogens is 1. The van der Waals surface area contributed by atoms with E-state index in [0.29, 0.717) is 0 Å². The van der Waals surface area contributed by atoms with E-state index in [1.807, 2.05) is 0 Å². The topological polar surface area (TPSA) is 79.8 Å². The van der Waals surface area contributed by atoms with Gasteiger partial charge in [0.25, 0.3) is 0 Å². The zero-order valence-corrected chi connectivity index (χ0v) is 5.69. The van der Waals surface area contributed by atoms with Crippen molar-refractivity contribution in [2.45, 2.75) is 0 Å². The van der Waals surface area contributed by atoms with E-state index < -0.39 is 16.7 Å². The van der Waals surface area contributed by atoms with Crippen LogP contribution in [0.2, 0.25) is 0 Å². The van der Waals surface area contributed by atoms with Crippen LogP contribution >= 0.6 is 0 Å². The fraction of sp³-hybridized carbons (Fsp3) is 0. The molecule has 0 aliphatic rings. The molecule has 5 nitrogen and oxygen atoms in total. The molecule has 0 atom stereocenters. The highest BCUT2D eigenvalue weighted by Gasteiger charge is 2.13. The monoisotopic (exact) mass is 167 g/mol. The molecule has 1 heterocycles. The summed E-state index contributed by atoms with van der Waals surface area (Å²) in [5, 5.41) is 18.3. The predicted octanol–water partition coefficient (Wildman–Crippen LogP) is 1.00. The first-order valence-corrected chi connectivity index (χ1v) is 2.86. The molecule has 1 aromatic rings. The number of pyridine rings is 1. The van der Waals surface area contributed by atoms with Crippen LogP contribution in [0.5, 0.6) is 0 Å². The lowest BCUT2D eigenvalue weighted by Gasteiger charge is -1.90. The second-order valence-corrected chi connectivity index (χ2v) is 1.88. The predicted molar refractivity (Wildman–Crippen MR) is 35.6 cm³/mol. The fourth-order valence-electron chi connectivity index (χ4n) is 0.610. The minimum atomic E-state index is -1.12. The first-order valence-electron chi connectivity index (χ1n) is 2.86. The average molecular weight is 167 g/mol. The molecule has 60 valence electrons. The highest BCUT2D eigenvalue weighted by atomic mass is 19.1. The molecule has 0 bridgehead atoms. The van der Waals surface area contributed by atoms with Gasteiger partial charge in [0.15, 0.2) is 0 Å². The van der Waals surface area contributed by atoms with E-state index in [9.17, 15) is 14.5 Å². The van der Waals surface area contributed by atoms with Crippen LogP contribution in [-0.2, 0) is 0 Å². The van der Waals surface area contributed by atoms with Crippen LogP contribution < -0.4 is 0 Å². The summed E-state index contributed by atoms with van der Waals surface area (Å²) in [5.41, 5.74) is -0.305. The Balaban J connectivity index is 3.21. The van der Waals surface area contributed by atoms with Gasteiger partial charge in [-0.2, -0.15) is 9.65 Å². The zero-order valence-electron chi connectivity index (χ0n) is 5.69. The van der Waals surface area contributed by atoms with Crippen LogP contribution in [0.25, 0.3) is 0 Å². The summed E-state index contributed by atoms with van der Waals surface area (Å²) >= 11 is 0. The molecule has 1 rings (SSSR count). The number of nitro groups is 1. The summed E-state index contributed by atoms with van der Waals surface area (Å²) in [6.45, 7) is 0. The molecule has 0 amide bonds. The van der Waals surface area contributed by atoms with E-state index in [0.717, 1.165) is 12.1 Å². The van der Waals surface area contributed by atoms with Gasteiger partial charge in [-0.1, -0.05) is 0 Å². The molecular formula is C6H2FN3O2. The Morgan fingerprint density at radius 2 is 2.33 bits per heavy atom. The molecule has 0 fully saturated rings. The fourth-order valence-corrected chi connectivity index (χ4v) is 0.610. The van der Waals surface area contributed by atoms with E-state index >= 15 is 0 Å². The molecule has 0 aromatic carbocycles. The minimum Gasteiger partial charge on any atom is -0.358 e. The summed E-state index contributed by atoms with van der Waals surface area (Å²) in [5.74, 6) is -1.72. The average Bonchev–Trinajstić information content (AvgIpc) is 2.04. The third-order valence-electron chi connectivity index (χ3n) is 1.14. The maximum atomic E-state index is 12.6. The van der Waals surface area contributed by atoms with E-state index in [-0.39, 0.29) is 5.56 Å². The highest BCUT2D eigenvalue weighted by Crippen LogP contribution is 2.10. The van der Waals surface area contributed by atoms with Crippen molar-refractivity contribution in [3.8, 4) is 6.07 Å². The van der Waals surface area contributed by atoms with Crippen molar-refractivity contribution in [1.29, 1.82) is 5.26 Å². The summed E-state index contributed by atoms with van der Waals surface area (Å²) in [4.78, 5) is 12.2. The highest BCUT2D eigenvalue weighted by molar-refractivity contribution is 5.32. The van der Waals surface area contributed by atoms with Crippen LogP contribution in [0.1, 0.15) is 5.56 Å². The molecule has 0 N–H and O–H groups in total. The van der Waals surface area contributed by atoms with Gasteiger partial charge in [-0.05, 0) is 16.0 Å². The molecule has 0 spiro atoms. The third kappa shape index (κ3) is 1.34. The van der Waals surface area contributed by atoms with Crippen LogP contribution in [0.4, 0.5) is 10.2 Å². The van der Waals surface area contributed by atoms with Gasteiger partial charge < -0.3 is 10.1 Å². The Morgan fingerprint density at radius 3 is 2.75 bits per heavy atom. The third-order valence-corrected chi connectivity index (χ3v) is 1.14. The molecule has 0 aliphatic carbocycles. The number of rotatable bonds is 1. The van der Waals surface area contributed by atoms with Crippen molar-refractivity contribution in [1.82, 2.24) is 4.98 Å². The summed E-state index contributed by atoms with van der Waals surface area (Å²) in [7, 11) is 0. The van der Waals surface area contributed by atoms with Gasteiger partial charge in [0.05, 0.1) is 0 Å². The number of hydrogen-bond donors (Lipinski definition) is 0. The lowest BCUT2D eigenvalue weighted by molar-refractivity contribution is -0.389. The van der Waals surface area contributed by atoms with Crippen molar-refractivity contribution in [2.24, 2.45) is 0 Å². The van der Waals surface area contributed by atoms with Gasteiger partial charge in [-0.3, -0.25) is 0 Å². The van der Waals surface area contributed by atoms with Crippen molar-refractivity contribution in [3.63, 3.8) is 0 Å². The summed E-state index contributed by atoms with van der Waals surface area (Å²) in [6, 6.07) is 3.49. The minimum absolute atomic E-state index is 0.305. The maximum Gasteiger partial charge on any atom is 0.366 e. The van der Waals surface area contributed by atoms with Crippen molar-refractivity contribution < 1.29 is 9.31 Å². The largest absolute Gasteiger partial charge is 0.366 e. The molecule has 0 saturated carbocycles. The number of nitriles is 1. The molecule has 1 aromatic heterocycles. The van der Waals surface area contributed by atoms with E-state index in [2.05, 4.69) is 4.98 Å². The van der Waals surface area contributed by atoms with Gasteiger partial charge >= 0.3 is 11.8 Å². The molecule has 12 heavy (non-hydrogen) atoms. The first-order chi connectivity index (χ1) is 5.65. The smallest absolute Gasteiger partial charge is 0.358 e.